The summed E-state index contributed by atoms with van der Waals surface area (Å²) >= 11 is 0. The van der Waals surface area contributed by atoms with E-state index in [0.29, 0.717) is 19.5 Å². The number of hydrogen-bond acceptors (Lipinski definition) is 4. The van der Waals surface area contributed by atoms with E-state index < -0.39 is 4.92 Å². The van der Waals surface area contributed by atoms with E-state index in [1.165, 1.54) is 18.2 Å². The molecule has 0 unspecified atom stereocenters. The lowest BCUT2D eigenvalue weighted by Gasteiger charge is -2.38. The highest BCUT2D eigenvalue weighted by Gasteiger charge is 2.30. The van der Waals surface area contributed by atoms with Crippen LogP contribution in [0.1, 0.15) is 6.42 Å². The van der Waals surface area contributed by atoms with Crippen LogP contribution in [0.5, 0.6) is 0 Å². The molecule has 124 valence electrons. The molecule has 1 saturated heterocycles. The van der Waals surface area contributed by atoms with Gasteiger partial charge in [-0.25, -0.2) is 0 Å². The maximum atomic E-state index is 12.2. The second kappa shape index (κ2) is 6.27. The van der Waals surface area contributed by atoms with Gasteiger partial charge in [0.05, 0.1) is 11.5 Å². The zero-order valence-electron chi connectivity index (χ0n) is 13.1. The highest BCUT2D eigenvalue weighted by molar-refractivity contribution is 5.88. The number of nitrogens with zero attached hydrogens (tertiary/aromatic N) is 3. The SMILES string of the molecule is C=CC(=O)N1CC(CC(=O)Cn2ccc3cc([N+](=O)[O-])ccc32)C1. The molecule has 1 aliphatic rings. The third kappa shape index (κ3) is 3.05. The third-order valence-electron chi connectivity index (χ3n) is 4.27. The van der Waals surface area contributed by atoms with Gasteiger partial charge in [-0.15, -0.1) is 0 Å². The number of rotatable bonds is 6. The molecule has 0 aliphatic carbocycles. The summed E-state index contributed by atoms with van der Waals surface area (Å²) in [4.78, 5) is 35.6. The number of ketones is 1. The van der Waals surface area contributed by atoms with Crippen LogP contribution < -0.4 is 0 Å². The van der Waals surface area contributed by atoms with Crippen LogP contribution in [0, 0.1) is 16.0 Å². The molecule has 1 aromatic heterocycles. The van der Waals surface area contributed by atoms with Crippen LogP contribution in [-0.4, -0.2) is 39.2 Å². The molecular formula is C17H17N3O4. The van der Waals surface area contributed by atoms with Crippen molar-refractivity contribution >= 4 is 28.3 Å². The zero-order chi connectivity index (χ0) is 17.3. The lowest BCUT2D eigenvalue weighted by Crippen LogP contribution is -2.50. The van der Waals surface area contributed by atoms with Crippen LogP contribution in [0.15, 0.2) is 43.1 Å². The first-order chi connectivity index (χ1) is 11.5. The smallest absolute Gasteiger partial charge is 0.270 e. The van der Waals surface area contributed by atoms with Crippen LogP contribution in [0.2, 0.25) is 0 Å². The van der Waals surface area contributed by atoms with E-state index in [0.717, 1.165) is 10.9 Å². The average molecular weight is 327 g/mol. The average Bonchev–Trinajstić information content (AvgIpc) is 2.92. The Morgan fingerprint density at radius 2 is 2.08 bits per heavy atom. The number of amides is 1. The fourth-order valence-electron chi connectivity index (χ4n) is 3.02. The second-order valence-electron chi connectivity index (χ2n) is 6.00. The Bertz CT molecular complexity index is 833. The summed E-state index contributed by atoms with van der Waals surface area (Å²) in [6.07, 6.45) is 3.47. The molecule has 2 aromatic rings. The third-order valence-corrected chi connectivity index (χ3v) is 4.27. The van der Waals surface area contributed by atoms with E-state index in [1.807, 2.05) is 0 Å². The topological polar surface area (TPSA) is 85.5 Å². The van der Waals surface area contributed by atoms with Gasteiger partial charge in [0, 0.05) is 54.7 Å². The van der Waals surface area contributed by atoms with E-state index in [-0.39, 0.29) is 29.8 Å². The van der Waals surface area contributed by atoms with Crippen molar-refractivity contribution in [1.82, 2.24) is 9.47 Å². The number of nitro groups is 1. The van der Waals surface area contributed by atoms with E-state index >= 15 is 0 Å². The monoisotopic (exact) mass is 327 g/mol. The molecule has 0 bridgehead atoms. The number of benzene rings is 1. The largest absolute Gasteiger partial charge is 0.340 e. The minimum Gasteiger partial charge on any atom is -0.340 e. The molecule has 3 rings (SSSR count). The van der Waals surface area contributed by atoms with Crippen LogP contribution in [0.25, 0.3) is 10.9 Å². The first kappa shape index (κ1) is 15.9. The van der Waals surface area contributed by atoms with Gasteiger partial charge in [0.15, 0.2) is 5.78 Å². The highest BCUT2D eigenvalue weighted by atomic mass is 16.6. The van der Waals surface area contributed by atoms with Crippen LogP contribution in [-0.2, 0) is 16.1 Å². The number of nitro benzene ring substituents is 1. The molecule has 1 aromatic carbocycles. The molecule has 7 nitrogen and oxygen atoms in total. The molecule has 0 radical (unpaired) electrons. The summed E-state index contributed by atoms with van der Waals surface area (Å²) in [7, 11) is 0. The van der Waals surface area contributed by atoms with Crippen molar-refractivity contribution in [2.45, 2.75) is 13.0 Å². The summed E-state index contributed by atoms with van der Waals surface area (Å²) in [5.74, 6) is 0.183. The Morgan fingerprint density at radius 3 is 2.75 bits per heavy atom. The molecule has 1 amide bonds. The fourth-order valence-corrected chi connectivity index (χ4v) is 3.02. The number of aromatic nitrogens is 1. The van der Waals surface area contributed by atoms with E-state index in [2.05, 4.69) is 6.58 Å². The Morgan fingerprint density at radius 1 is 1.33 bits per heavy atom. The van der Waals surface area contributed by atoms with Gasteiger partial charge in [-0.05, 0) is 18.2 Å². The minimum absolute atomic E-state index is 0.0352. The van der Waals surface area contributed by atoms with Gasteiger partial charge in [-0.3, -0.25) is 19.7 Å². The van der Waals surface area contributed by atoms with Gasteiger partial charge in [0.2, 0.25) is 5.91 Å². The van der Waals surface area contributed by atoms with Crippen molar-refractivity contribution < 1.29 is 14.5 Å². The van der Waals surface area contributed by atoms with Crippen LogP contribution in [0.4, 0.5) is 5.69 Å². The summed E-state index contributed by atoms with van der Waals surface area (Å²) in [5, 5.41) is 11.5. The Hall–Kier alpha value is -2.96. The number of non-ortho nitro benzene ring substituents is 1. The Labute approximate surface area is 138 Å². The lowest BCUT2D eigenvalue weighted by molar-refractivity contribution is -0.384. The Balaban J connectivity index is 1.61. The predicted molar refractivity (Wildman–Crippen MR) is 88.5 cm³/mol. The summed E-state index contributed by atoms with van der Waals surface area (Å²) < 4.78 is 1.80. The Kier molecular flexibility index (Phi) is 4.16. The standard InChI is InChI=1S/C17H17N3O4/c1-2-17(22)19-9-12(10-19)7-15(21)11-18-6-5-13-8-14(20(23)24)3-4-16(13)18/h2-6,8,12H,1,7,9-11H2. The molecule has 24 heavy (non-hydrogen) atoms. The van der Waals surface area contributed by atoms with Crippen molar-refractivity contribution in [3.63, 3.8) is 0 Å². The summed E-state index contributed by atoms with van der Waals surface area (Å²) in [5.41, 5.74) is 0.832. The molecule has 0 spiro atoms. The second-order valence-corrected chi connectivity index (χ2v) is 6.00. The van der Waals surface area contributed by atoms with Crippen molar-refractivity contribution in [2.75, 3.05) is 13.1 Å². The van der Waals surface area contributed by atoms with Crippen LogP contribution >= 0.6 is 0 Å². The molecule has 1 aliphatic heterocycles. The van der Waals surface area contributed by atoms with Gasteiger partial charge in [0.1, 0.15) is 0 Å². The predicted octanol–water partition coefficient (Wildman–Crippen LogP) is 2.15. The minimum atomic E-state index is -0.436. The van der Waals surface area contributed by atoms with E-state index in [4.69, 9.17) is 0 Å². The molecule has 7 heteroatoms. The lowest BCUT2D eigenvalue weighted by atomic mass is 9.94. The molecule has 0 atom stereocenters. The number of Topliss-reactive ketones (excluding diaryl/α,β-unsaturated/α-hetero) is 1. The van der Waals surface area contributed by atoms with E-state index in [9.17, 15) is 19.7 Å². The number of carbonyl (C=O) groups excluding carboxylic acids is 2. The van der Waals surface area contributed by atoms with Gasteiger partial charge in [-0.1, -0.05) is 6.58 Å². The first-order valence-corrected chi connectivity index (χ1v) is 7.64. The first-order valence-electron chi connectivity index (χ1n) is 7.64. The number of likely N-dealkylation sites (tertiary alicyclic amines) is 1. The van der Waals surface area contributed by atoms with E-state index in [1.54, 1.807) is 27.8 Å². The maximum absolute atomic E-state index is 12.2. The zero-order valence-corrected chi connectivity index (χ0v) is 13.1. The normalized spacial score (nSPS) is 14.4. The summed E-state index contributed by atoms with van der Waals surface area (Å²) in [6.45, 7) is 4.86. The van der Waals surface area contributed by atoms with Gasteiger partial charge in [-0.2, -0.15) is 0 Å². The molecule has 2 heterocycles. The quantitative estimate of drug-likeness (QED) is 0.462. The van der Waals surface area contributed by atoms with Crippen molar-refractivity contribution in [3.05, 3.63) is 53.2 Å². The molecule has 1 fully saturated rings. The molecule has 0 saturated carbocycles. The van der Waals surface area contributed by atoms with Gasteiger partial charge < -0.3 is 9.47 Å². The van der Waals surface area contributed by atoms with Gasteiger partial charge in [0.25, 0.3) is 5.69 Å². The molecular weight excluding hydrogens is 310 g/mol. The highest BCUT2D eigenvalue weighted by Crippen LogP contribution is 2.23. The maximum Gasteiger partial charge on any atom is 0.270 e. The van der Waals surface area contributed by atoms with Crippen molar-refractivity contribution in [1.29, 1.82) is 0 Å². The van der Waals surface area contributed by atoms with Crippen LogP contribution in [0.3, 0.4) is 0 Å². The number of fused-ring (bicyclic) bond motifs is 1. The van der Waals surface area contributed by atoms with Gasteiger partial charge >= 0.3 is 0 Å². The van der Waals surface area contributed by atoms with Crippen molar-refractivity contribution in [3.8, 4) is 0 Å². The number of carbonyl (C=O) groups is 2. The fraction of sp³-hybridized carbons (Fsp3) is 0.294. The molecule has 0 N–H and O–H groups in total. The number of hydrogen-bond donors (Lipinski definition) is 0. The van der Waals surface area contributed by atoms with Crippen molar-refractivity contribution in [2.24, 2.45) is 5.92 Å². The summed E-state index contributed by atoms with van der Waals surface area (Å²) in [6, 6.07) is 6.37.